The number of alkyl halides is 1. The minimum atomic E-state index is 0.240. The fourth-order valence-corrected chi connectivity index (χ4v) is 3.32. The van der Waals surface area contributed by atoms with E-state index in [1.54, 1.807) is 0 Å². The number of ether oxygens (including phenoxy) is 1. The average molecular weight is 351 g/mol. The van der Waals surface area contributed by atoms with Crippen LogP contribution >= 0.6 is 11.6 Å². The summed E-state index contributed by atoms with van der Waals surface area (Å²) in [6.45, 7) is 2.69. The van der Waals surface area contributed by atoms with Crippen molar-refractivity contribution in [2.24, 2.45) is 0 Å². The lowest BCUT2D eigenvalue weighted by Crippen LogP contribution is -2.06. The third-order valence-corrected chi connectivity index (χ3v) is 4.60. The molecule has 2 heteroatoms. The fourth-order valence-electron chi connectivity index (χ4n) is 3.10. The lowest BCUT2D eigenvalue weighted by Gasteiger charge is -2.21. The normalized spacial score (nSPS) is 11.9. The number of hydrogen-bond acceptors (Lipinski definition) is 1. The fraction of sp³-hybridized carbons (Fsp3) is 0.217. The number of benzene rings is 3. The molecule has 0 aliphatic carbocycles. The van der Waals surface area contributed by atoms with E-state index >= 15 is 0 Å². The molecule has 3 aromatic carbocycles. The first-order valence-electron chi connectivity index (χ1n) is 8.66. The molecule has 1 unspecified atom stereocenters. The van der Waals surface area contributed by atoms with Gasteiger partial charge in [-0.2, -0.15) is 0 Å². The minimum absolute atomic E-state index is 0.240. The molecule has 0 aliphatic heterocycles. The van der Waals surface area contributed by atoms with Crippen molar-refractivity contribution in [2.75, 3.05) is 5.88 Å². The van der Waals surface area contributed by atoms with Crippen LogP contribution in [0.3, 0.4) is 0 Å². The summed E-state index contributed by atoms with van der Waals surface area (Å²) < 4.78 is 6.18. The molecule has 0 N–H and O–H groups in total. The molecule has 0 saturated carbocycles. The molecule has 1 atom stereocenters. The van der Waals surface area contributed by atoms with Gasteiger partial charge in [-0.15, -0.1) is 11.6 Å². The second-order valence-corrected chi connectivity index (χ2v) is 6.63. The van der Waals surface area contributed by atoms with Crippen molar-refractivity contribution in [3.63, 3.8) is 0 Å². The Morgan fingerprint density at radius 2 is 1.56 bits per heavy atom. The van der Waals surface area contributed by atoms with Crippen LogP contribution in [-0.4, -0.2) is 5.88 Å². The summed E-state index contributed by atoms with van der Waals surface area (Å²) in [5.41, 5.74) is 4.89. The van der Waals surface area contributed by atoms with Crippen molar-refractivity contribution < 1.29 is 4.74 Å². The third-order valence-electron chi connectivity index (χ3n) is 4.38. The maximum absolute atomic E-state index is 6.18. The Morgan fingerprint density at radius 1 is 0.880 bits per heavy atom. The van der Waals surface area contributed by atoms with E-state index in [9.17, 15) is 0 Å². The van der Waals surface area contributed by atoms with Crippen LogP contribution < -0.4 is 4.74 Å². The molecule has 0 saturated heterocycles. The quantitative estimate of drug-likeness (QED) is 0.452. The van der Waals surface area contributed by atoms with Gasteiger partial charge in [0, 0.05) is 17.4 Å². The van der Waals surface area contributed by atoms with Crippen LogP contribution in [0.25, 0.3) is 0 Å². The van der Waals surface area contributed by atoms with E-state index in [-0.39, 0.29) is 5.92 Å². The number of hydrogen-bond donors (Lipinski definition) is 0. The molecular formula is C23H23ClO. The number of aryl methyl sites for hydroxylation is 1. The summed E-state index contributed by atoms with van der Waals surface area (Å²) in [7, 11) is 0. The monoisotopic (exact) mass is 350 g/mol. The summed E-state index contributed by atoms with van der Waals surface area (Å²) in [4.78, 5) is 0. The largest absolute Gasteiger partial charge is 0.489 e. The highest BCUT2D eigenvalue weighted by atomic mass is 35.5. The van der Waals surface area contributed by atoms with Gasteiger partial charge < -0.3 is 4.74 Å². The highest BCUT2D eigenvalue weighted by molar-refractivity contribution is 6.17. The van der Waals surface area contributed by atoms with Crippen LogP contribution in [0.1, 0.15) is 34.6 Å². The van der Waals surface area contributed by atoms with E-state index < -0.39 is 0 Å². The smallest absolute Gasteiger partial charge is 0.123 e. The Hall–Kier alpha value is -2.25. The Bertz CT molecular complexity index is 784. The number of rotatable bonds is 7. The minimum Gasteiger partial charge on any atom is -0.489 e. The van der Waals surface area contributed by atoms with E-state index in [4.69, 9.17) is 16.3 Å². The van der Waals surface area contributed by atoms with Gasteiger partial charge in [-0.25, -0.2) is 0 Å². The van der Waals surface area contributed by atoms with Crippen molar-refractivity contribution in [3.05, 3.63) is 101 Å². The maximum atomic E-state index is 6.18. The van der Waals surface area contributed by atoms with Crippen LogP contribution in [0.2, 0.25) is 0 Å². The van der Waals surface area contributed by atoms with Crippen LogP contribution in [0, 0.1) is 6.92 Å². The molecule has 1 nitrogen and oxygen atoms in total. The van der Waals surface area contributed by atoms with Crippen molar-refractivity contribution in [3.8, 4) is 5.75 Å². The van der Waals surface area contributed by atoms with Crippen LogP contribution in [0.4, 0.5) is 0 Å². The Labute approximate surface area is 155 Å². The lowest BCUT2D eigenvalue weighted by atomic mass is 9.87. The molecule has 0 radical (unpaired) electrons. The molecule has 3 aromatic rings. The van der Waals surface area contributed by atoms with Crippen molar-refractivity contribution >= 4 is 11.6 Å². The van der Waals surface area contributed by atoms with Crippen LogP contribution in [0.15, 0.2) is 78.9 Å². The predicted octanol–water partition coefficient (Wildman–Crippen LogP) is 6.33. The van der Waals surface area contributed by atoms with Crippen molar-refractivity contribution in [2.45, 2.75) is 25.9 Å². The second-order valence-electron chi connectivity index (χ2n) is 6.26. The molecule has 0 spiro atoms. The van der Waals surface area contributed by atoms with E-state index in [0.717, 1.165) is 12.2 Å². The Balaban J connectivity index is 1.91. The topological polar surface area (TPSA) is 9.23 Å². The zero-order valence-electron chi connectivity index (χ0n) is 14.5. The van der Waals surface area contributed by atoms with E-state index in [1.165, 1.54) is 22.3 Å². The van der Waals surface area contributed by atoms with Gasteiger partial charge >= 0.3 is 0 Å². The molecule has 25 heavy (non-hydrogen) atoms. The summed E-state index contributed by atoms with van der Waals surface area (Å²) >= 11 is 6.12. The highest BCUT2D eigenvalue weighted by Gasteiger charge is 2.18. The van der Waals surface area contributed by atoms with Crippen molar-refractivity contribution in [1.82, 2.24) is 0 Å². The van der Waals surface area contributed by atoms with Gasteiger partial charge in [-0.1, -0.05) is 78.4 Å². The first-order chi connectivity index (χ1) is 12.3. The highest BCUT2D eigenvalue weighted by Crippen LogP contribution is 2.35. The summed E-state index contributed by atoms with van der Waals surface area (Å²) in [5, 5.41) is 0. The molecule has 0 bridgehead atoms. The Morgan fingerprint density at radius 3 is 2.24 bits per heavy atom. The molecule has 128 valence electrons. The summed E-state index contributed by atoms with van der Waals surface area (Å²) in [5.74, 6) is 1.80. The third kappa shape index (κ3) is 4.64. The second kappa shape index (κ2) is 8.73. The van der Waals surface area contributed by atoms with E-state index in [1.807, 2.05) is 24.3 Å². The average Bonchev–Trinajstić information content (AvgIpc) is 2.66. The molecule has 3 rings (SSSR count). The lowest BCUT2D eigenvalue weighted by molar-refractivity contribution is 0.301. The van der Waals surface area contributed by atoms with Gasteiger partial charge in [0.1, 0.15) is 12.4 Å². The SMILES string of the molecule is Cc1ccc(OCc2ccccc2)c(C(CCCl)c2ccccc2)c1. The first kappa shape index (κ1) is 17.6. The summed E-state index contributed by atoms with van der Waals surface area (Å²) in [6, 6.07) is 27.2. The van der Waals surface area contributed by atoms with Crippen molar-refractivity contribution in [1.29, 1.82) is 0 Å². The van der Waals surface area contributed by atoms with Gasteiger partial charge in [0.15, 0.2) is 0 Å². The molecular weight excluding hydrogens is 328 g/mol. The molecule has 0 fully saturated rings. The van der Waals surface area contributed by atoms with Crippen LogP contribution in [0.5, 0.6) is 5.75 Å². The maximum Gasteiger partial charge on any atom is 0.123 e. The van der Waals surface area contributed by atoms with E-state index in [0.29, 0.717) is 12.5 Å². The van der Waals surface area contributed by atoms with E-state index in [2.05, 4.69) is 61.5 Å². The molecule has 0 amide bonds. The van der Waals surface area contributed by atoms with Gasteiger partial charge in [0.05, 0.1) is 0 Å². The zero-order chi connectivity index (χ0) is 17.5. The first-order valence-corrected chi connectivity index (χ1v) is 9.19. The van der Waals surface area contributed by atoms with Crippen LogP contribution in [-0.2, 0) is 6.61 Å². The van der Waals surface area contributed by atoms with Gasteiger partial charge in [-0.3, -0.25) is 0 Å². The van der Waals surface area contributed by atoms with Gasteiger partial charge in [0.2, 0.25) is 0 Å². The zero-order valence-corrected chi connectivity index (χ0v) is 15.2. The molecule has 0 aliphatic rings. The number of halogens is 1. The summed E-state index contributed by atoms with van der Waals surface area (Å²) in [6.07, 6.45) is 0.886. The molecule has 0 aromatic heterocycles. The standard InChI is InChI=1S/C23H23ClO/c1-18-12-13-23(25-17-19-8-4-2-5-9-19)22(16-18)21(14-15-24)20-10-6-3-7-11-20/h2-13,16,21H,14-15,17H2,1H3. The van der Waals surface area contributed by atoms with Gasteiger partial charge in [-0.05, 0) is 30.5 Å². The Kier molecular flexibility index (Phi) is 6.14. The predicted molar refractivity (Wildman–Crippen MR) is 106 cm³/mol. The molecule has 0 heterocycles. The van der Waals surface area contributed by atoms with Gasteiger partial charge in [0.25, 0.3) is 0 Å².